The molecular formula is C24H28ClN9O6. The van der Waals surface area contributed by atoms with Crippen LogP contribution in [0.25, 0.3) is 11.2 Å². The molecule has 5 rings (SSSR count). The molecular weight excluding hydrogens is 546 g/mol. The Morgan fingerprint density at radius 1 is 1.18 bits per heavy atom. The number of halogens is 1. The van der Waals surface area contributed by atoms with Crippen LogP contribution in [0.3, 0.4) is 0 Å². The Labute approximate surface area is 232 Å². The summed E-state index contributed by atoms with van der Waals surface area (Å²) in [5.74, 6) is -1.51. The molecule has 212 valence electrons. The number of carboxylic acids is 1. The first-order valence-corrected chi connectivity index (χ1v) is 12.7. The number of carbonyl (C=O) groups is 1. The molecule has 0 spiro atoms. The van der Waals surface area contributed by atoms with Crippen LogP contribution < -0.4 is 5.73 Å². The molecule has 1 unspecified atom stereocenters. The second-order valence-electron chi connectivity index (χ2n) is 10.4. The molecule has 5 N–H and O–H groups in total. The Bertz CT molecular complexity index is 1520. The highest BCUT2D eigenvalue weighted by Crippen LogP contribution is 2.35. The summed E-state index contributed by atoms with van der Waals surface area (Å²) >= 11 is 5.95. The van der Waals surface area contributed by atoms with Gasteiger partial charge in [0.1, 0.15) is 23.8 Å². The summed E-state index contributed by atoms with van der Waals surface area (Å²) in [4.78, 5) is 26.3. The van der Waals surface area contributed by atoms with Gasteiger partial charge in [0.05, 0.1) is 18.5 Å². The molecule has 1 aliphatic heterocycles. The maximum atomic E-state index is 12.9. The number of anilines is 1. The van der Waals surface area contributed by atoms with Gasteiger partial charge in [-0.05, 0) is 43.1 Å². The predicted molar refractivity (Wildman–Crippen MR) is 139 cm³/mol. The largest absolute Gasteiger partial charge is 0.479 e. The number of tetrazole rings is 1. The summed E-state index contributed by atoms with van der Waals surface area (Å²) in [6, 6.07) is 8.84. The van der Waals surface area contributed by atoms with Gasteiger partial charge >= 0.3 is 5.97 Å². The molecule has 4 aromatic rings. The third-order valence-electron chi connectivity index (χ3n) is 6.54. The number of imidazole rings is 1. The maximum Gasteiger partial charge on any atom is 0.344 e. The standard InChI is InChI=1S/C24H28ClN9O6/c1-23(2,3)34-31-20(30-32-34)24(21(37)38,9-12-7-5-4-6-8-12)39-10-13-15(35)16(36)19(40-13)33-11-27-14-17(26)28-22(25)29-18(14)33/h4-8,11,13,15-16,19,35-36H,9-10H2,1-3H3,(H,37,38)(H2,26,28,29)/t13-,15+,16-,19-,24?/m1/s1. The average molecular weight is 574 g/mol. The fourth-order valence-corrected chi connectivity index (χ4v) is 4.56. The molecule has 0 bridgehead atoms. The number of aliphatic hydroxyl groups excluding tert-OH is 2. The number of nitrogens with zero attached hydrogens (tertiary/aromatic N) is 8. The smallest absolute Gasteiger partial charge is 0.344 e. The van der Waals surface area contributed by atoms with Gasteiger partial charge in [0.15, 0.2) is 17.7 Å². The van der Waals surface area contributed by atoms with Crippen molar-refractivity contribution in [2.45, 2.75) is 62.9 Å². The molecule has 0 radical (unpaired) electrons. The Kier molecular flexibility index (Phi) is 7.18. The number of fused-ring (bicyclic) bond motifs is 1. The number of benzene rings is 1. The zero-order valence-electron chi connectivity index (χ0n) is 21.8. The SMILES string of the molecule is CC(C)(C)n1nnc(C(Cc2ccccc2)(OC[C@H]2O[C@@H](n3cnc4c(N)nc(Cl)nc43)[C@H](O)[C@H]2O)C(=O)O)n1. The lowest BCUT2D eigenvalue weighted by Crippen LogP contribution is -2.45. The second kappa shape index (κ2) is 10.3. The van der Waals surface area contributed by atoms with E-state index in [4.69, 9.17) is 26.8 Å². The number of aromatic nitrogens is 8. The minimum absolute atomic E-state index is 0.0321. The van der Waals surface area contributed by atoms with Crippen LogP contribution >= 0.6 is 11.6 Å². The van der Waals surface area contributed by atoms with Crippen molar-refractivity contribution < 1.29 is 29.6 Å². The molecule has 3 aromatic heterocycles. The van der Waals surface area contributed by atoms with Crippen molar-refractivity contribution in [1.82, 2.24) is 39.7 Å². The molecule has 5 atom stereocenters. The highest BCUT2D eigenvalue weighted by atomic mass is 35.5. The summed E-state index contributed by atoms with van der Waals surface area (Å²) in [6.07, 6.45) is -4.05. The lowest BCUT2D eigenvalue weighted by atomic mass is 9.93. The van der Waals surface area contributed by atoms with Crippen molar-refractivity contribution >= 4 is 34.6 Å². The van der Waals surface area contributed by atoms with Crippen LogP contribution in [0.1, 0.15) is 38.4 Å². The minimum atomic E-state index is -2.09. The van der Waals surface area contributed by atoms with E-state index in [9.17, 15) is 20.1 Å². The van der Waals surface area contributed by atoms with Crippen LogP contribution in [-0.4, -0.2) is 85.9 Å². The summed E-state index contributed by atoms with van der Waals surface area (Å²) in [5.41, 5.74) is 4.26. The molecule has 0 aliphatic carbocycles. The molecule has 1 aliphatic rings. The molecule has 0 amide bonds. The quantitative estimate of drug-likeness (QED) is 0.214. The predicted octanol–water partition coefficient (Wildman–Crippen LogP) is 0.662. The topological polar surface area (TPSA) is 209 Å². The number of hydrogen-bond acceptors (Lipinski definition) is 12. The number of nitrogens with two attached hydrogens (primary N) is 1. The summed E-state index contributed by atoms with van der Waals surface area (Å²) in [5, 5.41) is 44.4. The Morgan fingerprint density at radius 2 is 1.90 bits per heavy atom. The molecule has 40 heavy (non-hydrogen) atoms. The van der Waals surface area contributed by atoms with Crippen molar-refractivity contribution in [2.24, 2.45) is 0 Å². The van der Waals surface area contributed by atoms with E-state index in [1.807, 2.05) is 20.8 Å². The second-order valence-corrected chi connectivity index (χ2v) is 10.8. The Balaban J connectivity index is 1.45. The van der Waals surface area contributed by atoms with Gasteiger partial charge < -0.3 is 30.5 Å². The van der Waals surface area contributed by atoms with Gasteiger partial charge in [-0.1, -0.05) is 30.3 Å². The Morgan fingerprint density at radius 3 is 2.55 bits per heavy atom. The van der Waals surface area contributed by atoms with Crippen molar-refractivity contribution in [1.29, 1.82) is 0 Å². The van der Waals surface area contributed by atoms with Crippen LogP contribution in [-0.2, 0) is 31.8 Å². The van der Waals surface area contributed by atoms with E-state index in [0.717, 1.165) is 0 Å². The molecule has 4 heterocycles. The Hall–Kier alpha value is -3.76. The van der Waals surface area contributed by atoms with Crippen LogP contribution in [0.2, 0.25) is 5.28 Å². The molecule has 1 fully saturated rings. The fraction of sp³-hybridized carbons (Fsp3) is 0.458. The third-order valence-corrected chi connectivity index (χ3v) is 6.71. The van der Waals surface area contributed by atoms with Gasteiger partial charge in [-0.3, -0.25) is 4.57 Å². The van der Waals surface area contributed by atoms with E-state index >= 15 is 0 Å². The molecule has 1 aromatic carbocycles. The van der Waals surface area contributed by atoms with Gasteiger partial charge in [0.2, 0.25) is 16.7 Å². The van der Waals surface area contributed by atoms with E-state index in [1.54, 1.807) is 30.3 Å². The lowest BCUT2D eigenvalue weighted by molar-refractivity contribution is -0.178. The number of ether oxygens (including phenoxy) is 2. The number of aliphatic hydroxyl groups is 2. The van der Waals surface area contributed by atoms with Crippen LogP contribution in [0.5, 0.6) is 0 Å². The zero-order chi connectivity index (χ0) is 28.8. The zero-order valence-corrected chi connectivity index (χ0v) is 22.5. The molecule has 15 nitrogen and oxygen atoms in total. The summed E-state index contributed by atoms with van der Waals surface area (Å²) < 4.78 is 13.3. The van der Waals surface area contributed by atoms with Crippen LogP contribution in [0, 0.1) is 0 Å². The number of aliphatic carboxylic acids is 1. The van der Waals surface area contributed by atoms with Gasteiger partial charge in [0, 0.05) is 6.42 Å². The molecule has 1 saturated heterocycles. The average Bonchev–Trinajstić information content (AvgIpc) is 3.62. The van der Waals surface area contributed by atoms with Crippen molar-refractivity contribution in [3.8, 4) is 0 Å². The number of hydrogen-bond donors (Lipinski definition) is 4. The van der Waals surface area contributed by atoms with Gasteiger partial charge in [-0.15, -0.1) is 10.2 Å². The highest BCUT2D eigenvalue weighted by molar-refractivity contribution is 6.28. The minimum Gasteiger partial charge on any atom is -0.479 e. The van der Waals surface area contributed by atoms with Crippen molar-refractivity contribution in [3.05, 3.63) is 53.3 Å². The van der Waals surface area contributed by atoms with Crippen molar-refractivity contribution in [2.75, 3.05) is 12.3 Å². The van der Waals surface area contributed by atoms with Crippen LogP contribution in [0.15, 0.2) is 36.7 Å². The van der Waals surface area contributed by atoms with E-state index in [0.29, 0.717) is 5.56 Å². The fourth-order valence-electron chi connectivity index (χ4n) is 4.39. The van der Waals surface area contributed by atoms with Crippen molar-refractivity contribution in [3.63, 3.8) is 0 Å². The van der Waals surface area contributed by atoms with E-state index in [-0.39, 0.29) is 34.5 Å². The van der Waals surface area contributed by atoms with E-state index in [2.05, 4.69) is 30.4 Å². The van der Waals surface area contributed by atoms with Gasteiger partial charge in [-0.2, -0.15) is 14.8 Å². The number of carboxylic acid groups (broad SMARTS) is 1. The third kappa shape index (κ3) is 4.97. The maximum absolute atomic E-state index is 12.9. The molecule has 0 saturated carbocycles. The summed E-state index contributed by atoms with van der Waals surface area (Å²) in [7, 11) is 0. The van der Waals surface area contributed by atoms with E-state index in [1.165, 1.54) is 15.7 Å². The highest BCUT2D eigenvalue weighted by Gasteiger charge is 2.50. The monoisotopic (exact) mass is 573 g/mol. The van der Waals surface area contributed by atoms with E-state index < -0.39 is 48.3 Å². The van der Waals surface area contributed by atoms with Gasteiger partial charge in [-0.25, -0.2) is 9.78 Å². The summed E-state index contributed by atoms with van der Waals surface area (Å²) in [6.45, 7) is 5.08. The number of nitrogen functional groups attached to an aromatic ring is 1. The number of rotatable bonds is 8. The van der Waals surface area contributed by atoms with Gasteiger partial charge in [0.25, 0.3) is 0 Å². The first-order chi connectivity index (χ1) is 18.9. The normalized spacial score (nSPS) is 22.9. The van der Waals surface area contributed by atoms with Crippen LogP contribution in [0.4, 0.5) is 5.82 Å². The lowest BCUT2D eigenvalue weighted by Gasteiger charge is -2.29. The first kappa shape index (κ1) is 27.8. The molecule has 16 heteroatoms. The first-order valence-electron chi connectivity index (χ1n) is 12.3.